The van der Waals surface area contributed by atoms with Crippen molar-refractivity contribution in [1.82, 2.24) is 10.0 Å². The van der Waals surface area contributed by atoms with Crippen molar-refractivity contribution in [3.8, 4) is 5.75 Å². The Morgan fingerprint density at radius 2 is 1.75 bits per heavy atom. The second kappa shape index (κ2) is 9.47. The molecular weight excluding hydrogens is 528 g/mol. The second-order valence-electron chi connectivity index (χ2n) is 9.20. The van der Waals surface area contributed by atoms with E-state index in [1.165, 1.54) is 12.1 Å². The lowest BCUT2D eigenvalue weighted by atomic mass is 9.60. The summed E-state index contributed by atoms with van der Waals surface area (Å²) in [5.41, 5.74) is -2.95. The van der Waals surface area contributed by atoms with E-state index in [-0.39, 0.29) is 34.9 Å². The monoisotopic (exact) mass is 550 g/mol. The second-order valence-corrected chi connectivity index (χ2v) is 11.3. The lowest BCUT2D eigenvalue weighted by Crippen LogP contribution is -2.70. The molecule has 3 fully saturated rings. The Balaban J connectivity index is 1.38. The minimum Gasteiger partial charge on any atom is -0.484 e. The van der Waals surface area contributed by atoms with E-state index in [1.54, 1.807) is 0 Å². The summed E-state index contributed by atoms with van der Waals surface area (Å²) in [6.07, 6.45) is -4.53. The number of amides is 1. The van der Waals surface area contributed by atoms with Crippen molar-refractivity contribution in [3.05, 3.63) is 58.9 Å². The van der Waals surface area contributed by atoms with Crippen LogP contribution in [0.4, 0.5) is 17.6 Å². The van der Waals surface area contributed by atoms with Gasteiger partial charge in [0, 0.05) is 11.6 Å². The molecule has 0 radical (unpaired) electrons. The van der Waals surface area contributed by atoms with Gasteiger partial charge < -0.3 is 15.2 Å². The highest BCUT2D eigenvalue weighted by molar-refractivity contribution is 7.89. The first-order chi connectivity index (χ1) is 16.7. The average Bonchev–Trinajstić information content (AvgIpc) is 2.80. The number of ether oxygens (including phenoxy) is 1. The van der Waals surface area contributed by atoms with Gasteiger partial charge in [0.15, 0.2) is 6.61 Å². The summed E-state index contributed by atoms with van der Waals surface area (Å²) in [6, 6.07) is 6.88. The topological polar surface area (TPSA) is 105 Å². The summed E-state index contributed by atoms with van der Waals surface area (Å²) in [6.45, 7) is -0.398. The maximum atomic E-state index is 13.5. The summed E-state index contributed by atoms with van der Waals surface area (Å²) in [4.78, 5) is 12.1. The predicted molar refractivity (Wildman–Crippen MR) is 121 cm³/mol. The summed E-state index contributed by atoms with van der Waals surface area (Å²) < 4.78 is 85.5. The van der Waals surface area contributed by atoms with Crippen LogP contribution in [0.1, 0.15) is 37.7 Å². The molecule has 0 aromatic heterocycles. The molecule has 36 heavy (non-hydrogen) atoms. The number of aliphatic hydroxyl groups is 1. The summed E-state index contributed by atoms with van der Waals surface area (Å²) in [5.74, 6) is -1.06. The number of sulfonamides is 1. The van der Waals surface area contributed by atoms with Crippen LogP contribution in [0.15, 0.2) is 47.4 Å². The van der Waals surface area contributed by atoms with Gasteiger partial charge in [0.25, 0.3) is 5.91 Å². The van der Waals surface area contributed by atoms with Gasteiger partial charge in [-0.05, 0) is 68.5 Å². The van der Waals surface area contributed by atoms with Crippen LogP contribution in [0.3, 0.4) is 0 Å². The Labute approximate surface area is 209 Å². The minimum atomic E-state index is -4.60. The molecule has 0 spiro atoms. The molecule has 1 amide bonds. The number of benzene rings is 2. The van der Waals surface area contributed by atoms with Crippen LogP contribution >= 0.6 is 11.6 Å². The van der Waals surface area contributed by atoms with Gasteiger partial charge in [-0.25, -0.2) is 17.5 Å². The van der Waals surface area contributed by atoms with Gasteiger partial charge in [-0.2, -0.15) is 13.2 Å². The number of carbonyl (C=O) groups excluding carboxylic acids is 1. The van der Waals surface area contributed by atoms with Gasteiger partial charge in [-0.15, -0.1) is 0 Å². The van der Waals surface area contributed by atoms with Crippen LogP contribution in [-0.2, 0) is 21.0 Å². The molecule has 0 saturated heterocycles. The number of rotatable bonds is 7. The fraction of sp³-hybridized carbons (Fsp3) is 0.435. The summed E-state index contributed by atoms with van der Waals surface area (Å²) in [7, 11) is -4.21. The maximum Gasteiger partial charge on any atom is 0.416 e. The lowest BCUT2D eigenvalue weighted by Gasteiger charge is -2.56. The molecule has 3 aliphatic rings. The van der Waals surface area contributed by atoms with Crippen molar-refractivity contribution in [2.75, 3.05) is 6.61 Å². The number of fused-ring (bicyclic) bond motifs is 3. The van der Waals surface area contributed by atoms with Crippen molar-refractivity contribution < 1.29 is 40.6 Å². The van der Waals surface area contributed by atoms with Crippen LogP contribution in [-0.4, -0.2) is 43.2 Å². The number of nitrogens with one attached hydrogen (secondary N) is 2. The van der Waals surface area contributed by atoms with Crippen molar-refractivity contribution in [1.29, 1.82) is 0 Å². The molecule has 1 atom stereocenters. The molecule has 3 aliphatic carbocycles. The first-order valence-corrected chi connectivity index (χ1v) is 12.9. The van der Waals surface area contributed by atoms with Gasteiger partial charge >= 0.3 is 6.18 Å². The molecule has 2 bridgehead atoms. The van der Waals surface area contributed by atoms with Crippen LogP contribution in [0, 0.1) is 5.82 Å². The number of carbonyl (C=O) groups is 1. The van der Waals surface area contributed by atoms with E-state index in [0.717, 1.165) is 18.2 Å². The Bertz CT molecular complexity index is 1250. The Hall–Kier alpha value is -2.41. The summed E-state index contributed by atoms with van der Waals surface area (Å²) >= 11 is 5.62. The number of hydrogen-bond acceptors (Lipinski definition) is 5. The van der Waals surface area contributed by atoms with E-state index in [4.69, 9.17) is 16.3 Å². The number of alkyl halides is 3. The van der Waals surface area contributed by atoms with Crippen molar-refractivity contribution >= 4 is 27.5 Å². The van der Waals surface area contributed by atoms with Gasteiger partial charge in [0.2, 0.25) is 10.0 Å². The highest BCUT2D eigenvalue weighted by atomic mass is 35.5. The van der Waals surface area contributed by atoms with Crippen LogP contribution in [0.5, 0.6) is 5.75 Å². The van der Waals surface area contributed by atoms with E-state index < -0.39 is 57.3 Å². The highest BCUT2D eigenvalue weighted by Crippen LogP contribution is 2.47. The number of halogens is 5. The van der Waals surface area contributed by atoms with E-state index in [1.807, 2.05) is 0 Å². The molecule has 2 aromatic rings. The summed E-state index contributed by atoms with van der Waals surface area (Å²) in [5, 5.41) is 13.6. The van der Waals surface area contributed by atoms with Crippen LogP contribution < -0.4 is 14.8 Å². The number of hydrogen-bond donors (Lipinski definition) is 3. The predicted octanol–water partition coefficient (Wildman–Crippen LogP) is 3.79. The molecule has 0 heterocycles. The SMILES string of the molecule is O=C(COc1ccc(Cl)c(F)c1)NC12CCC(NS(=O)(=O)c3ccc(C(F)(F)F)cc3)(CC1)[C@H](O)C2. The van der Waals surface area contributed by atoms with Gasteiger partial charge in [-0.1, -0.05) is 11.6 Å². The zero-order valence-electron chi connectivity index (χ0n) is 18.7. The minimum absolute atomic E-state index is 0.0733. The normalized spacial score (nSPS) is 26.0. The van der Waals surface area contributed by atoms with Gasteiger partial charge in [0.05, 0.1) is 27.1 Å². The molecule has 0 aliphatic heterocycles. The van der Waals surface area contributed by atoms with E-state index in [0.29, 0.717) is 25.0 Å². The van der Waals surface area contributed by atoms with Gasteiger partial charge in [0.1, 0.15) is 11.6 Å². The third-order valence-electron chi connectivity index (χ3n) is 6.82. The molecule has 0 unspecified atom stereocenters. The molecule has 5 rings (SSSR count). The zero-order chi connectivity index (χ0) is 26.4. The Morgan fingerprint density at radius 1 is 1.11 bits per heavy atom. The van der Waals surface area contributed by atoms with Crippen LogP contribution in [0.25, 0.3) is 0 Å². The molecule has 3 saturated carbocycles. The highest BCUT2D eigenvalue weighted by Gasteiger charge is 2.56. The largest absolute Gasteiger partial charge is 0.484 e. The smallest absolute Gasteiger partial charge is 0.416 e. The number of aliphatic hydroxyl groups excluding tert-OH is 1. The maximum absolute atomic E-state index is 13.5. The van der Waals surface area contributed by atoms with Crippen LogP contribution in [0.2, 0.25) is 5.02 Å². The van der Waals surface area contributed by atoms with E-state index in [9.17, 15) is 35.9 Å². The third kappa shape index (κ3) is 5.46. The van der Waals surface area contributed by atoms with E-state index in [2.05, 4.69) is 10.0 Å². The molecule has 13 heteroatoms. The molecule has 7 nitrogen and oxygen atoms in total. The fourth-order valence-corrected chi connectivity index (χ4v) is 6.43. The standard InChI is InChI=1S/C23H23ClF4N2O5S/c24-17-6-3-15(11-18(17)25)35-13-20(32)29-21-7-9-22(10-8-21,19(31)12-21)30-36(33,34)16-4-1-14(2-5-16)23(26,27)28/h1-6,11,19,30-31H,7-10,12-13H2,(H,29,32)/t19-,21?,22?/m1/s1. The molecular formula is C23H23ClF4N2O5S. The quantitative estimate of drug-likeness (QED) is 0.455. The molecule has 196 valence electrons. The van der Waals surface area contributed by atoms with Crippen molar-refractivity contribution in [2.24, 2.45) is 0 Å². The first kappa shape index (κ1) is 26.6. The third-order valence-corrected chi connectivity index (χ3v) is 8.69. The Morgan fingerprint density at radius 3 is 2.31 bits per heavy atom. The molecule has 3 N–H and O–H groups in total. The fourth-order valence-electron chi connectivity index (χ4n) is 4.82. The average molecular weight is 551 g/mol. The molecule has 2 aromatic carbocycles. The first-order valence-electron chi connectivity index (χ1n) is 11.0. The van der Waals surface area contributed by atoms with Gasteiger partial charge in [-0.3, -0.25) is 4.79 Å². The Kier molecular flexibility index (Phi) is 7.01. The lowest BCUT2D eigenvalue weighted by molar-refractivity contribution is -0.137. The van der Waals surface area contributed by atoms with E-state index >= 15 is 0 Å². The van der Waals surface area contributed by atoms with Crippen molar-refractivity contribution in [3.63, 3.8) is 0 Å². The zero-order valence-corrected chi connectivity index (χ0v) is 20.3. The van der Waals surface area contributed by atoms with Crippen molar-refractivity contribution in [2.45, 2.75) is 60.4 Å².